The SMILES string of the molecule is O=C(O)CCc1cccc(NCc2cc(Cl)cc3c2OCC3)c1. The van der Waals surface area contributed by atoms with E-state index in [9.17, 15) is 4.79 Å². The lowest BCUT2D eigenvalue weighted by Gasteiger charge is -2.12. The summed E-state index contributed by atoms with van der Waals surface area (Å²) in [6, 6.07) is 11.7. The molecule has 1 aliphatic rings. The van der Waals surface area contributed by atoms with Crippen molar-refractivity contribution in [2.45, 2.75) is 25.8 Å². The van der Waals surface area contributed by atoms with Crippen LogP contribution < -0.4 is 10.1 Å². The number of hydrogen-bond acceptors (Lipinski definition) is 3. The largest absolute Gasteiger partial charge is 0.493 e. The first kappa shape index (κ1) is 15.7. The number of carboxylic acid groups (broad SMARTS) is 1. The lowest BCUT2D eigenvalue weighted by molar-refractivity contribution is -0.136. The molecule has 0 saturated carbocycles. The third-order valence-electron chi connectivity index (χ3n) is 3.86. The third kappa shape index (κ3) is 3.96. The summed E-state index contributed by atoms with van der Waals surface area (Å²) >= 11 is 6.17. The maximum Gasteiger partial charge on any atom is 0.303 e. The lowest BCUT2D eigenvalue weighted by atomic mass is 10.1. The molecule has 0 bridgehead atoms. The van der Waals surface area contributed by atoms with E-state index in [4.69, 9.17) is 21.4 Å². The fraction of sp³-hybridized carbons (Fsp3) is 0.278. The van der Waals surface area contributed by atoms with Gasteiger partial charge >= 0.3 is 5.97 Å². The van der Waals surface area contributed by atoms with Crippen molar-refractivity contribution in [1.29, 1.82) is 0 Å². The van der Waals surface area contributed by atoms with Crippen LogP contribution in [0.2, 0.25) is 5.02 Å². The fourth-order valence-corrected chi connectivity index (χ4v) is 3.03. The molecule has 0 radical (unpaired) electrons. The quantitative estimate of drug-likeness (QED) is 0.842. The molecule has 2 aromatic rings. The van der Waals surface area contributed by atoms with Gasteiger partial charge < -0.3 is 15.2 Å². The van der Waals surface area contributed by atoms with Gasteiger partial charge in [-0.25, -0.2) is 0 Å². The Balaban J connectivity index is 1.69. The van der Waals surface area contributed by atoms with E-state index in [1.54, 1.807) is 0 Å². The monoisotopic (exact) mass is 331 g/mol. The molecule has 3 rings (SSSR count). The first-order chi connectivity index (χ1) is 11.1. The molecule has 0 spiro atoms. The van der Waals surface area contributed by atoms with E-state index in [2.05, 4.69) is 5.32 Å². The summed E-state index contributed by atoms with van der Waals surface area (Å²) in [5.74, 6) is 0.152. The van der Waals surface area contributed by atoms with Gasteiger partial charge in [0.25, 0.3) is 0 Å². The minimum Gasteiger partial charge on any atom is -0.493 e. The summed E-state index contributed by atoms with van der Waals surface area (Å²) in [6.45, 7) is 1.32. The number of nitrogens with one attached hydrogen (secondary N) is 1. The van der Waals surface area contributed by atoms with E-state index in [-0.39, 0.29) is 6.42 Å². The van der Waals surface area contributed by atoms with E-state index in [1.165, 1.54) is 0 Å². The Morgan fingerprint density at radius 3 is 3.00 bits per heavy atom. The Hall–Kier alpha value is -2.20. The van der Waals surface area contributed by atoms with Crippen molar-refractivity contribution in [3.05, 3.63) is 58.1 Å². The number of fused-ring (bicyclic) bond motifs is 1. The first-order valence-electron chi connectivity index (χ1n) is 7.60. The molecule has 0 aliphatic carbocycles. The molecule has 2 aromatic carbocycles. The maximum atomic E-state index is 10.7. The summed E-state index contributed by atoms with van der Waals surface area (Å²) in [7, 11) is 0. The first-order valence-corrected chi connectivity index (χ1v) is 7.98. The van der Waals surface area contributed by atoms with Crippen LogP contribution in [0.1, 0.15) is 23.1 Å². The molecular weight excluding hydrogens is 314 g/mol. The third-order valence-corrected chi connectivity index (χ3v) is 4.08. The molecule has 0 amide bonds. The predicted molar refractivity (Wildman–Crippen MR) is 90.4 cm³/mol. The van der Waals surface area contributed by atoms with Gasteiger partial charge in [-0.1, -0.05) is 23.7 Å². The van der Waals surface area contributed by atoms with Crippen LogP contribution >= 0.6 is 11.6 Å². The Morgan fingerprint density at radius 2 is 2.17 bits per heavy atom. The zero-order chi connectivity index (χ0) is 16.2. The average molecular weight is 332 g/mol. The minimum absolute atomic E-state index is 0.138. The number of halogens is 1. The van der Waals surface area contributed by atoms with E-state index in [0.717, 1.165) is 39.6 Å². The molecule has 120 valence electrons. The molecule has 4 nitrogen and oxygen atoms in total. The van der Waals surface area contributed by atoms with Gasteiger partial charge in [0, 0.05) is 35.7 Å². The van der Waals surface area contributed by atoms with Crippen LogP contribution in [-0.4, -0.2) is 17.7 Å². The highest BCUT2D eigenvalue weighted by atomic mass is 35.5. The lowest BCUT2D eigenvalue weighted by Crippen LogP contribution is -2.03. The molecular formula is C18H18ClNO3. The minimum atomic E-state index is -0.782. The van der Waals surface area contributed by atoms with Crippen LogP contribution in [0.5, 0.6) is 5.75 Å². The Morgan fingerprint density at radius 1 is 1.30 bits per heavy atom. The van der Waals surface area contributed by atoms with Gasteiger partial charge in [-0.3, -0.25) is 4.79 Å². The number of rotatable bonds is 6. The van der Waals surface area contributed by atoms with Crippen molar-refractivity contribution in [3.8, 4) is 5.75 Å². The van der Waals surface area contributed by atoms with Crippen LogP contribution in [0, 0.1) is 0 Å². The van der Waals surface area contributed by atoms with Gasteiger partial charge in [-0.05, 0) is 41.8 Å². The average Bonchev–Trinajstić information content (AvgIpc) is 2.99. The zero-order valence-corrected chi connectivity index (χ0v) is 13.4. The molecule has 0 fully saturated rings. The Bertz CT molecular complexity index is 730. The van der Waals surface area contributed by atoms with E-state index in [0.29, 0.717) is 19.6 Å². The van der Waals surface area contributed by atoms with E-state index in [1.807, 2.05) is 36.4 Å². The normalized spacial score (nSPS) is 12.6. The molecule has 1 heterocycles. The number of ether oxygens (including phenoxy) is 1. The van der Waals surface area contributed by atoms with Gasteiger partial charge in [0.2, 0.25) is 0 Å². The summed E-state index contributed by atoms with van der Waals surface area (Å²) < 4.78 is 5.70. The number of benzene rings is 2. The number of aryl methyl sites for hydroxylation is 1. The smallest absolute Gasteiger partial charge is 0.303 e. The molecule has 5 heteroatoms. The van der Waals surface area contributed by atoms with Gasteiger partial charge in [-0.2, -0.15) is 0 Å². The molecule has 0 aromatic heterocycles. The zero-order valence-electron chi connectivity index (χ0n) is 12.6. The van der Waals surface area contributed by atoms with Crippen LogP contribution in [0.3, 0.4) is 0 Å². The molecule has 2 N–H and O–H groups in total. The Kier molecular flexibility index (Phi) is 4.72. The van der Waals surface area contributed by atoms with Crippen molar-refractivity contribution in [2.24, 2.45) is 0 Å². The van der Waals surface area contributed by atoms with Crippen molar-refractivity contribution in [2.75, 3.05) is 11.9 Å². The second kappa shape index (κ2) is 6.92. The molecule has 0 unspecified atom stereocenters. The molecule has 23 heavy (non-hydrogen) atoms. The number of aliphatic carboxylic acids is 1. The molecule has 0 saturated heterocycles. The maximum absolute atomic E-state index is 10.7. The number of anilines is 1. The van der Waals surface area contributed by atoms with Crippen LogP contribution in [-0.2, 0) is 24.2 Å². The van der Waals surface area contributed by atoms with Crippen molar-refractivity contribution >= 4 is 23.3 Å². The second-order valence-electron chi connectivity index (χ2n) is 5.60. The topological polar surface area (TPSA) is 58.6 Å². The van der Waals surface area contributed by atoms with Gasteiger partial charge in [-0.15, -0.1) is 0 Å². The predicted octanol–water partition coefficient (Wildman–Crippen LogP) is 3.90. The van der Waals surface area contributed by atoms with Crippen LogP contribution in [0.25, 0.3) is 0 Å². The summed E-state index contributed by atoms with van der Waals surface area (Å²) in [4.78, 5) is 10.7. The fourth-order valence-electron chi connectivity index (χ4n) is 2.76. The summed E-state index contributed by atoms with van der Waals surface area (Å²) in [5, 5.41) is 12.9. The molecule has 0 atom stereocenters. The number of carboxylic acids is 1. The van der Waals surface area contributed by atoms with E-state index < -0.39 is 5.97 Å². The van der Waals surface area contributed by atoms with E-state index >= 15 is 0 Å². The van der Waals surface area contributed by atoms with Crippen molar-refractivity contribution < 1.29 is 14.6 Å². The van der Waals surface area contributed by atoms with Gasteiger partial charge in [0.05, 0.1) is 6.61 Å². The standard InChI is InChI=1S/C18H18ClNO3/c19-15-9-13-6-7-23-18(13)14(10-15)11-20-16-3-1-2-12(8-16)4-5-17(21)22/h1-3,8-10,20H,4-7,11H2,(H,21,22). The number of carbonyl (C=O) groups is 1. The van der Waals surface area contributed by atoms with Gasteiger partial charge in [0.15, 0.2) is 0 Å². The highest BCUT2D eigenvalue weighted by Gasteiger charge is 2.17. The number of hydrogen-bond donors (Lipinski definition) is 2. The van der Waals surface area contributed by atoms with Gasteiger partial charge in [0.1, 0.15) is 5.75 Å². The summed E-state index contributed by atoms with van der Waals surface area (Å²) in [5.41, 5.74) is 4.16. The van der Waals surface area contributed by atoms with Crippen LogP contribution in [0.15, 0.2) is 36.4 Å². The second-order valence-corrected chi connectivity index (χ2v) is 6.04. The van der Waals surface area contributed by atoms with Crippen molar-refractivity contribution in [1.82, 2.24) is 0 Å². The summed E-state index contributed by atoms with van der Waals surface area (Å²) in [6.07, 6.45) is 1.56. The van der Waals surface area contributed by atoms with Crippen LogP contribution in [0.4, 0.5) is 5.69 Å². The van der Waals surface area contributed by atoms with Crippen molar-refractivity contribution in [3.63, 3.8) is 0 Å². The highest BCUT2D eigenvalue weighted by Crippen LogP contribution is 2.33. The highest BCUT2D eigenvalue weighted by molar-refractivity contribution is 6.30. The molecule has 1 aliphatic heterocycles. The Labute approximate surface area is 140 Å².